The highest BCUT2D eigenvalue weighted by Crippen LogP contribution is 2.39. The van der Waals surface area contributed by atoms with Crippen LogP contribution in [-0.2, 0) is 6.42 Å². The van der Waals surface area contributed by atoms with E-state index in [1.165, 1.54) is 19.2 Å². The first-order valence-electron chi connectivity index (χ1n) is 9.11. The summed E-state index contributed by atoms with van der Waals surface area (Å²) in [5.74, 6) is -0.255. The van der Waals surface area contributed by atoms with Crippen molar-refractivity contribution in [2.45, 2.75) is 13.3 Å². The van der Waals surface area contributed by atoms with E-state index in [1.54, 1.807) is 43.3 Å². The van der Waals surface area contributed by atoms with Crippen LogP contribution >= 0.6 is 11.6 Å². The molecule has 3 aromatic carbocycles. The van der Waals surface area contributed by atoms with E-state index in [0.717, 1.165) is 5.56 Å². The summed E-state index contributed by atoms with van der Waals surface area (Å²) in [5, 5.41) is 9.68. The normalized spacial score (nSPS) is 12.3. The molecule has 0 bridgehead atoms. The molecule has 1 N–H and O–H groups in total. The number of hydrogen-bond acceptors (Lipinski definition) is 4. The summed E-state index contributed by atoms with van der Waals surface area (Å²) in [7, 11) is 1.47. The standard InChI is InChI=1S/C23H17ClFNO4/c1-12-3-4-15(9-17(12)23(27)28)30-22-8-13-7-19(24)18(11-21(13)26-22)16-6-5-14(29-2)10-20(16)25/h3-7,9-11H,8H2,1-2H3,(H,27,28). The van der Waals surface area contributed by atoms with Gasteiger partial charge in [-0.3, -0.25) is 0 Å². The van der Waals surface area contributed by atoms with Gasteiger partial charge < -0.3 is 14.6 Å². The molecule has 4 rings (SSSR count). The highest BCUT2D eigenvalue weighted by Gasteiger charge is 2.21. The number of fused-ring (bicyclic) bond motifs is 1. The Morgan fingerprint density at radius 2 is 1.87 bits per heavy atom. The topological polar surface area (TPSA) is 68.1 Å². The SMILES string of the molecule is COc1ccc(-c2cc3c(cc2Cl)CC(Oc2ccc(C)c(C(=O)O)c2)=N3)c(F)c1. The van der Waals surface area contributed by atoms with Crippen LogP contribution < -0.4 is 9.47 Å². The van der Waals surface area contributed by atoms with E-state index >= 15 is 0 Å². The van der Waals surface area contributed by atoms with Crippen molar-refractivity contribution in [3.63, 3.8) is 0 Å². The molecule has 0 saturated heterocycles. The molecule has 0 amide bonds. The lowest BCUT2D eigenvalue weighted by atomic mass is 10.0. The van der Waals surface area contributed by atoms with Gasteiger partial charge in [0.05, 0.1) is 24.8 Å². The molecule has 152 valence electrons. The predicted molar refractivity (Wildman–Crippen MR) is 113 cm³/mol. The summed E-state index contributed by atoms with van der Waals surface area (Å²) in [6, 6.07) is 12.9. The highest BCUT2D eigenvalue weighted by atomic mass is 35.5. The van der Waals surface area contributed by atoms with Gasteiger partial charge in [-0.05, 0) is 54.4 Å². The molecule has 7 heteroatoms. The second-order valence-corrected chi connectivity index (χ2v) is 7.28. The quantitative estimate of drug-likeness (QED) is 0.571. The number of nitrogens with zero attached hydrogens (tertiary/aromatic N) is 1. The highest BCUT2D eigenvalue weighted by molar-refractivity contribution is 6.33. The minimum atomic E-state index is -1.02. The fraction of sp³-hybridized carbons (Fsp3) is 0.130. The number of aliphatic imine (C=N–C) groups is 1. The largest absolute Gasteiger partial charge is 0.497 e. The monoisotopic (exact) mass is 425 g/mol. The molecule has 1 heterocycles. The summed E-state index contributed by atoms with van der Waals surface area (Å²) >= 11 is 6.41. The molecule has 1 aliphatic heterocycles. The van der Waals surface area contributed by atoms with Gasteiger partial charge >= 0.3 is 5.97 Å². The Morgan fingerprint density at radius 1 is 1.10 bits per heavy atom. The van der Waals surface area contributed by atoms with Crippen LogP contribution in [0.25, 0.3) is 11.1 Å². The van der Waals surface area contributed by atoms with Crippen LogP contribution in [0.4, 0.5) is 10.1 Å². The van der Waals surface area contributed by atoms with Crippen molar-refractivity contribution in [3.05, 3.63) is 76.1 Å². The van der Waals surface area contributed by atoms with Gasteiger partial charge in [-0.15, -0.1) is 0 Å². The Labute approximate surface area is 177 Å². The molecule has 0 fully saturated rings. The molecule has 1 aliphatic rings. The Bertz CT molecular complexity index is 1210. The van der Waals surface area contributed by atoms with Gasteiger partial charge in [-0.25, -0.2) is 14.2 Å². The van der Waals surface area contributed by atoms with E-state index in [0.29, 0.717) is 51.2 Å². The maximum absolute atomic E-state index is 14.5. The minimum absolute atomic E-state index is 0.170. The lowest BCUT2D eigenvalue weighted by Gasteiger charge is -2.09. The molecule has 5 nitrogen and oxygen atoms in total. The third kappa shape index (κ3) is 3.74. The van der Waals surface area contributed by atoms with Crippen molar-refractivity contribution in [1.82, 2.24) is 0 Å². The van der Waals surface area contributed by atoms with E-state index < -0.39 is 11.8 Å². The van der Waals surface area contributed by atoms with Gasteiger partial charge in [-0.1, -0.05) is 17.7 Å². The molecule has 0 unspecified atom stereocenters. The van der Waals surface area contributed by atoms with E-state index in [1.807, 2.05) is 0 Å². The van der Waals surface area contributed by atoms with Gasteiger partial charge in [0.25, 0.3) is 0 Å². The number of carbonyl (C=O) groups is 1. The van der Waals surface area contributed by atoms with Crippen molar-refractivity contribution in [3.8, 4) is 22.6 Å². The number of benzene rings is 3. The van der Waals surface area contributed by atoms with Crippen LogP contribution in [0.2, 0.25) is 5.02 Å². The molecule has 30 heavy (non-hydrogen) atoms. The van der Waals surface area contributed by atoms with Crippen molar-refractivity contribution in [2.24, 2.45) is 4.99 Å². The van der Waals surface area contributed by atoms with Crippen LogP contribution in [0, 0.1) is 12.7 Å². The maximum Gasteiger partial charge on any atom is 0.336 e. The Kier molecular flexibility index (Phi) is 5.18. The van der Waals surface area contributed by atoms with Gasteiger partial charge in [0, 0.05) is 22.2 Å². The van der Waals surface area contributed by atoms with Crippen LogP contribution in [0.15, 0.2) is 53.5 Å². The number of rotatable bonds is 4. The number of hydrogen-bond donors (Lipinski definition) is 1. The summed E-state index contributed by atoms with van der Waals surface area (Å²) < 4.78 is 25.3. The first kappa shape index (κ1) is 19.9. The number of halogens is 2. The molecule has 0 aromatic heterocycles. The predicted octanol–water partition coefficient (Wildman–Crippen LogP) is 5.83. The molecule has 0 spiro atoms. The van der Waals surface area contributed by atoms with Crippen molar-refractivity contribution < 1.29 is 23.8 Å². The summed E-state index contributed by atoms with van der Waals surface area (Å²) in [4.78, 5) is 15.8. The third-order valence-corrected chi connectivity index (χ3v) is 5.21. The lowest BCUT2D eigenvalue weighted by molar-refractivity contribution is 0.0695. The Morgan fingerprint density at radius 3 is 2.57 bits per heavy atom. The summed E-state index contributed by atoms with van der Waals surface area (Å²) in [6.45, 7) is 1.72. The van der Waals surface area contributed by atoms with Crippen molar-refractivity contribution in [2.75, 3.05) is 7.11 Å². The molecular formula is C23H17ClFNO4. The number of aromatic carboxylic acids is 1. The number of aryl methyl sites for hydroxylation is 1. The van der Waals surface area contributed by atoms with Crippen molar-refractivity contribution >= 4 is 29.2 Å². The van der Waals surface area contributed by atoms with Gasteiger partial charge in [0.1, 0.15) is 17.3 Å². The maximum atomic E-state index is 14.5. The summed E-state index contributed by atoms with van der Waals surface area (Å²) in [5.41, 5.74) is 3.15. The van der Waals surface area contributed by atoms with Crippen LogP contribution in [0.1, 0.15) is 21.5 Å². The third-order valence-electron chi connectivity index (χ3n) is 4.90. The second kappa shape index (κ2) is 7.80. The van der Waals surface area contributed by atoms with E-state index in [2.05, 4.69) is 4.99 Å². The molecular weight excluding hydrogens is 409 g/mol. The number of carboxylic acid groups (broad SMARTS) is 1. The van der Waals surface area contributed by atoms with E-state index in [-0.39, 0.29) is 5.56 Å². The second-order valence-electron chi connectivity index (χ2n) is 6.87. The number of carboxylic acids is 1. The fourth-order valence-corrected chi connectivity index (χ4v) is 3.61. The minimum Gasteiger partial charge on any atom is -0.497 e. The van der Waals surface area contributed by atoms with E-state index in [4.69, 9.17) is 21.1 Å². The molecule has 3 aromatic rings. The van der Waals surface area contributed by atoms with Crippen molar-refractivity contribution in [1.29, 1.82) is 0 Å². The van der Waals surface area contributed by atoms with Crippen LogP contribution in [0.3, 0.4) is 0 Å². The molecule has 0 saturated carbocycles. The Balaban J connectivity index is 1.64. The lowest BCUT2D eigenvalue weighted by Crippen LogP contribution is -2.09. The van der Waals surface area contributed by atoms with Gasteiger partial charge in [0.15, 0.2) is 5.90 Å². The first-order valence-corrected chi connectivity index (χ1v) is 9.49. The zero-order valence-corrected chi connectivity index (χ0v) is 17.0. The van der Waals surface area contributed by atoms with Crippen LogP contribution in [-0.4, -0.2) is 24.1 Å². The fourth-order valence-electron chi connectivity index (χ4n) is 3.32. The molecule has 0 aliphatic carbocycles. The smallest absolute Gasteiger partial charge is 0.336 e. The van der Waals surface area contributed by atoms with E-state index in [9.17, 15) is 14.3 Å². The zero-order chi connectivity index (χ0) is 21.4. The summed E-state index contributed by atoms with van der Waals surface area (Å²) in [6.07, 6.45) is 0.400. The molecule has 0 atom stereocenters. The first-order chi connectivity index (χ1) is 14.4. The number of ether oxygens (including phenoxy) is 2. The average Bonchev–Trinajstić information content (AvgIpc) is 3.09. The molecule has 0 radical (unpaired) electrons. The average molecular weight is 426 g/mol. The number of methoxy groups -OCH3 is 1. The zero-order valence-electron chi connectivity index (χ0n) is 16.2. The Hall–Kier alpha value is -3.38. The van der Waals surface area contributed by atoms with Crippen LogP contribution in [0.5, 0.6) is 11.5 Å². The van der Waals surface area contributed by atoms with Gasteiger partial charge in [-0.2, -0.15) is 0 Å². The van der Waals surface area contributed by atoms with Gasteiger partial charge in [0.2, 0.25) is 0 Å².